The van der Waals surface area contributed by atoms with E-state index in [1.807, 2.05) is 0 Å². The van der Waals surface area contributed by atoms with Gasteiger partial charge < -0.3 is 14.9 Å². The highest BCUT2D eigenvalue weighted by Crippen LogP contribution is 2.67. The van der Waals surface area contributed by atoms with Crippen molar-refractivity contribution in [2.24, 2.45) is 46.3 Å². The summed E-state index contributed by atoms with van der Waals surface area (Å²) in [5.41, 5.74) is 0.0426. The highest BCUT2D eigenvalue weighted by atomic mass is 16.5. The Kier molecular flexibility index (Phi) is 5.65. The molecule has 2 N–H and O–H groups in total. The van der Waals surface area contributed by atoms with E-state index in [-0.39, 0.29) is 29.0 Å². The number of aliphatic hydroxyl groups is 2. The third-order valence-electron chi connectivity index (χ3n) is 10.1. The minimum absolute atomic E-state index is 0.146. The fourth-order valence-electron chi connectivity index (χ4n) is 8.37. The molecule has 0 spiro atoms. The maximum absolute atomic E-state index is 11.6. The predicted molar refractivity (Wildman–Crippen MR) is 113 cm³/mol. The zero-order valence-electron chi connectivity index (χ0n) is 18.6. The fourth-order valence-corrected chi connectivity index (χ4v) is 8.37. The molecule has 1 unspecified atom stereocenters. The van der Waals surface area contributed by atoms with Gasteiger partial charge in [-0.05, 0) is 91.3 Å². The van der Waals surface area contributed by atoms with Crippen LogP contribution in [0.1, 0.15) is 72.1 Å². The van der Waals surface area contributed by atoms with Crippen molar-refractivity contribution in [3.05, 3.63) is 12.2 Å². The number of esters is 1. The number of carbonyl (C=O) groups excluding carboxylic acids is 1. The Morgan fingerprint density at radius 1 is 1.21 bits per heavy atom. The summed E-state index contributed by atoms with van der Waals surface area (Å²) in [6, 6.07) is 0. The lowest BCUT2D eigenvalue weighted by molar-refractivity contribution is -0.191. The van der Waals surface area contributed by atoms with Gasteiger partial charge in [0.25, 0.3) is 0 Å². The topological polar surface area (TPSA) is 66.8 Å². The molecule has 4 nitrogen and oxygen atoms in total. The molecule has 4 heteroatoms. The van der Waals surface area contributed by atoms with Gasteiger partial charge in [0.2, 0.25) is 0 Å². The van der Waals surface area contributed by atoms with Crippen molar-refractivity contribution in [2.75, 3.05) is 7.11 Å². The van der Waals surface area contributed by atoms with Crippen LogP contribution in [-0.4, -0.2) is 35.5 Å². The van der Waals surface area contributed by atoms with E-state index in [0.29, 0.717) is 41.9 Å². The van der Waals surface area contributed by atoms with Crippen LogP contribution in [-0.2, 0) is 9.53 Å². The lowest BCUT2D eigenvalue weighted by Crippen LogP contribution is -2.61. The molecule has 4 aliphatic carbocycles. The minimum Gasteiger partial charge on any atom is -0.469 e. The van der Waals surface area contributed by atoms with Gasteiger partial charge in [-0.2, -0.15) is 0 Å². The summed E-state index contributed by atoms with van der Waals surface area (Å²) in [5.74, 6) is 2.15. The summed E-state index contributed by atoms with van der Waals surface area (Å²) in [4.78, 5) is 11.6. The van der Waals surface area contributed by atoms with Gasteiger partial charge in [-0.1, -0.05) is 32.9 Å². The molecule has 0 heterocycles. The normalized spacial score (nSPS) is 49.7. The van der Waals surface area contributed by atoms with Crippen molar-refractivity contribution in [3.63, 3.8) is 0 Å². The van der Waals surface area contributed by atoms with Crippen LogP contribution < -0.4 is 0 Å². The largest absolute Gasteiger partial charge is 0.469 e. The number of methoxy groups -OCH3 is 1. The number of aliphatic hydroxyl groups excluding tert-OH is 2. The molecule has 0 aliphatic heterocycles. The van der Waals surface area contributed by atoms with E-state index in [0.717, 1.165) is 38.5 Å². The Balaban J connectivity index is 1.59. The maximum Gasteiger partial charge on any atom is 0.305 e. The lowest BCUT2D eigenvalue weighted by Gasteiger charge is -2.62. The first-order chi connectivity index (χ1) is 13.7. The van der Waals surface area contributed by atoms with Crippen molar-refractivity contribution in [2.45, 2.75) is 84.3 Å². The molecule has 0 bridgehead atoms. The molecule has 4 aliphatic rings. The van der Waals surface area contributed by atoms with Gasteiger partial charge >= 0.3 is 5.97 Å². The molecule has 0 aromatic rings. The first kappa shape index (κ1) is 21.4. The highest BCUT2D eigenvalue weighted by Gasteiger charge is 2.65. The predicted octanol–water partition coefficient (Wildman–Crippen LogP) is 4.34. The molecule has 0 radical (unpaired) electrons. The number of ether oxygens (including phenoxy) is 1. The van der Waals surface area contributed by atoms with Gasteiger partial charge in [-0.3, -0.25) is 4.79 Å². The zero-order valence-corrected chi connectivity index (χ0v) is 18.6. The molecule has 4 rings (SSSR count). The second-order valence-electron chi connectivity index (χ2n) is 11.1. The summed E-state index contributed by atoms with van der Waals surface area (Å²) < 4.78 is 4.84. The van der Waals surface area contributed by atoms with Crippen molar-refractivity contribution in [1.29, 1.82) is 0 Å². The molecule has 3 fully saturated rings. The zero-order chi connectivity index (χ0) is 21.0. The third-order valence-corrected chi connectivity index (χ3v) is 10.1. The lowest BCUT2D eigenvalue weighted by atomic mass is 9.44. The smallest absolute Gasteiger partial charge is 0.305 e. The molecule has 10 atom stereocenters. The van der Waals surface area contributed by atoms with E-state index in [2.05, 4.69) is 32.9 Å². The first-order valence-electron chi connectivity index (χ1n) is 11.8. The number of carbonyl (C=O) groups is 1. The summed E-state index contributed by atoms with van der Waals surface area (Å²) in [6.07, 6.45) is 11.5. The number of fused-ring (bicyclic) bond motifs is 5. The monoisotopic (exact) mass is 404 g/mol. The van der Waals surface area contributed by atoms with Crippen LogP contribution in [0.15, 0.2) is 12.2 Å². The van der Waals surface area contributed by atoms with Gasteiger partial charge in [-0.15, -0.1) is 0 Å². The van der Waals surface area contributed by atoms with E-state index in [1.165, 1.54) is 13.5 Å². The van der Waals surface area contributed by atoms with Gasteiger partial charge in [0.1, 0.15) is 0 Å². The summed E-state index contributed by atoms with van der Waals surface area (Å²) in [6.45, 7) is 6.94. The van der Waals surface area contributed by atoms with E-state index in [9.17, 15) is 15.0 Å². The Hall–Kier alpha value is -0.870. The Labute approximate surface area is 176 Å². The SMILES string of the molecule is COC(=O)CC[C@@H](C)[C@H]1CC[C@H]2C3[C@H](O)C[C@@H]4C=CCC[C@]4(C)[C@H]3C[C@H](O)[C@]12C. The molecule has 0 amide bonds. The number of allylic oxidation sites excluding steroid dienone is 2. The Morgan fingerprint density at radius 3 is 2.69 bits per heavy atom. The second-order valence-corrected chi connectivity index (χ2v) is 11.1. The maximum atomic E-state index is 11.6. The van der Waals surface area contributed by atoms with Gasteiger partial charge in [0.15, 0.2) is 0 Å². The van der Waals surface area contributed by atoms with Crippen LogP contribution in [0.2, 0.25) is 0 Å². The van der Waals surface area contributed by atoms with E-state index in [4.69, 9.17) is 4.74 Å². The molecule has 0 aromatic heterocycles. The van der Waals surface area contributed by atoms with Crippen LogP contribution in [0.3, 0.4) is 0 Å². The first-order valence-corrected chi connectivity index (χ1v) is 11.8. The highest BCUT2D eigenvalue weighted by molar-refractivity contribution is 5.69. The third kappa shape index (κ3) is 3.20. The van der Waals surface area contributed by atoms with Crippen LogP contribution in [0, 0.1) is 46.3 Å². The molecule has 0 saturated heterocycles. The average Bonchev–Trinajstić information content (AvgIpc) is 3.05. The van der Waals surface area contributed by atoms with Crippen molar-refractivity contribution in [3.8, 4) is 0 Å². The average molecular weight is 405 g/mol. The Bertz CT molecular complexity index is 659. The van der Waals surface area contributed by atoms with Crippen LogP contribution >= 0.6 is 0 Å². The fraction of sp³-hybridized carbons (Fsp3) is 0.880. The number of hydrogen-bond donors (Lipinski definition) is 2. The Morgan fingerprint density at radius 2 is 1.97 bits per heavy atom. The van der Waals surface area contributed by atoms with E-state index >= 15 is 0 Å². The molecule has 164 valence electrons. The number of rotatable bonds is 4. The molecule has 0 aromatic carbocycles. The molecule has 29 heavy (non-hydrogen) atoms. The second kappa shape index (κ2) is 7.67. The summed E-state index contributed by atoms with van der Waals surface area (Å²) in [5, 5.41) is 22.8. The van der Waals surface area contributed by atoms with E-state index < -0.39 is 0 Å². The van der Waals surface area contributed by atoms with Gasteiger partial charge in [0.05, 0.1) is 19.3 Å². The molecular formula is C25H40O4. The number of hydrogen-bond acceptors (Lipinski definition) is 4. The summed E-state index contributed by atoms with van der Waals surface area (Å²) >= 11 is 0. The quantitative estimate of drug-likeness (QED) is 0.540. The standard InChI is InChI=1S/C25H40O4/c1-15(8-11-22(28)29-4)17-9-10-18-23-19(14-21(27)25(17,18)3)24(2)12-6-5-7-16(24)13-20(23)26/h5,7,15-21,23,26-27H,6,8-14H2,1-4H3/t15-,16+,17-,18+,19+,20-,21+,23?,24+,25-/m1/s1. The van der Waals surface area contributed by atoms with Crippen molar-refractivity contribution < 1.29 is 19.7 Å². The van der Waals surface area contributed by atoms with Gasteiger partial charge in [0, 0.05) is 6.42 Å². The van der Waals surface area contributed by atoms with Crippen molar-refractivity contribution in [1.82, 2.24) is 0 Å². The van der Waals surface area contributed by atoms with Crippen LogP contribution in [0.25, 0.3) is 0 Å². The van der Waals surface area contributed by atoms with E-state index in [1.54, 1.807) is 0 Å². The molecular weight excluding hydrogens is 364 g/mol. The molecule has 3 saturated carbocycles. The van der Waals surface area contributed by atoms with Crippen LogP contribution in [0.4, 0.5) is 0 Å². The van der Waals surface area contributed by atoms with Crippen molar-refractivity contribution >= 4 is 5.97 Å². The summed E-state index contributed by atoms with van der Waals surface area (Å²) in [7, 11) is 1.45. The minimum atomic E-state index is -0.324. The van der Waals surface area contributed by atoms with Gasteiger partial charge in [-0.25, -0.2) is 0 Å². The van der Waals surface area contributed by atoms with Crippen LogP contribution in [0.5, 0.6) is 0 Å².